The van der Waals surface area contributed by atoms with Crippen molar-refractivity contribution in [3.05, 3.63) is 17.2 Å². The lowest BCUT2D eigenvalue weighted by atomic mass is 9.96. The molecule has 0 aliphatic carbocycles. The molecule has 5 heteroatoms. The van der Waals surface area contributed by atoms with Crippen molar-refractivity contribution in [1.82, 2.24) is 4.90 Å². The first-order chi connectivity index (χ1) is 8.71. The van der Waals surface area contributed by atoms with E-state index < -0.39 is 0 Å². The third-order valence-electron chi connectivity index (χ3n) is 3.40. The molecule has 1 aromatic rings. The van der Waals surface area contributed by atoms with Crippen LogP contribution >= 0.6 is 0 Å². The van der Waals surface area contributed by atoms with Crippen molar-refractivity contribution in [3.8, 4) is 11.5 Å². The third kappa shape index (κ3) is 2.23. The second kappa shape index (κ2) is 5.46. The Morgan fingerprint density at radius 1 is 1.33 bits per heavy atom. The van der Waals surface area contributed by atoms with E-state index in [9.17, 15) is 0 Å². The number of fused-ring (bicyclic) bond motifs is 1. The van der Waals surface area contributed by atoms with Gasteiger partial charge in [0.2, 0.25) is 0 Å². The molecule has 0 saturated carbocycles. The number of aliphatic hydroxyl groups excluding tert-OH is 1. The molecule has 1 heterocycles. The zero-order valence-corrected chi connectivity index (χ0v) is 10.9. The average molecular weight is 252 g/mol. The van der Waals surface area contributed by atoms with E-state index in [1.165, 1.54) is 0 Å². The molecule has 5 nitrogen and oxygen atoms in total. The molecule has 0 spiro atoms. The molecule has 0 aromatic heterocycles. The van der Waals surface area contributed by atoms with Crippen LogP contribution in [0, 0.1) is 0 Å². The molecule has 0 radical (unpaired) electrons. The summed E-state index contributed by atoms with van der Waals surface area (Å²) in [4.78, 5) is 2.18. The van der Waals surface area contributed by atoms with Crippen LogP contribution < -0.4 is 15.2 Å². The molecule has 2 rings (SSSR count). The van der Waals surface area contributed by atoms with Gasteiger partial charge >= 0.3 is 0 Å². The van der Waals surface area contributed by atoms with Gasteiger partial charge in [0.05, 0.1) is 20.8 Å². The Balaban J connectivity index is 2.42. The van der Waals surface area contributed by atoms with Crippen LogP contribution in [0.5, 0.6) is 11.5 Å². The predicted molar refractivity (Wildman–Crippen MR) is 70.0 cm³/mol. The Hall–Kier alpha value is -1.46. The van der Waals surface area contributed by atoms with Crippen molar-refractivity contribution < 1.29 is 14.6 Å². The number of methoxy groups -OCH3 is 2. The van der Waals surface area contributed by atoms with Crippen molar-refractivity contribution in [1.29, 1.82) is 0 Å². The number of nitrogen functional groups attached to an aromatic ring is 1. The van der Waals surface area contributed by atoms with E-state index in [2.05, 4.69) is 4.90 Å². The smallest absolute Gasteiger partial charge is 0.165 e. The standard InChI is InChI=1S/C13H20N2O3/c1-17-12-7-11(14)9-3-4-15(5-6-16)8-10(9)13(12)18-2/h7,16H,3-6,8,14H2,1-2H3. The second-order valence-corrected chi connectivity index (χ2v) is 4.41. The summed E-state index contributed by atoms with van der Waals surface area (Å²) in [6.07, 6.45) is 0.877. The first kappa shape index (κ1) is 13.0. The van der Waals surface area contributed by atoms with E-state index >= 15 is 0 Å². The number of nitrogens with zero attached hydrogens (tertiary/aromatic N) is 1. The van der Waals surface area contributed by atoms with Gasteiger partial charge < -0.3 is 20.3 Å². The van der Waals surface area contributed by atoms with Gasteiger partial charge in [0.25, 0.3) is 0 Å². The van der Waals surface area contributed by atoms with Gasteiger partial charge in [-0.05, 0) is 12.0 Å². The van der Waals surface area contributed by atoms with Gasteiger partial charge in [-0.3, -0.25) is 4.90 Å². The summed E-state index contributed by atoms with van der Waals surface area (Å²) < 4.78 is 10.8. The summed E-state index contributed by atoms with van der Waals surface area (Å²) in [5.41, 5.74) is 9.03. The fourth-order valence-corrected chi connectivity index (χ4v) is 2.50. The van der Waals surface area contributed by atoms with Crippen LogP contribution in [0.25, 0.3) is 0 Å². The summed E-state index contributed by atoms with van der Waals surface area (Å²) in [6, 6.07) is 1.82. The molecule has 100 valence electrons. The van der Waals surface area contributed by atoms with E-state index in [4.69, 9.17) is 20.3 Å². The normalized spacial score (nSPS) is 15.3. The fraction of sp³-hybridized carbons (Fsp3) is 0.538. The van der Waals surface area contributed by atoms with Gasteiger partial charge in [0, 0.05) is 37.0 Å². The minimum absolute atomic E-state index is 0.164. The SMILES string of the molecule is COc1cc(N)c2c(c1OC)CN(CCO)CC2. The van der Waals surface area contributed by atoms with Crippen molar-refractivity contribution in [2.45, 2.75) is 13.0 Å². The second-order valence-electron chi connectivity index (χ2n) is 4.41. The molecular formula is C13H20N2O3. The van der Waals surface area contributed by atoms with Crippen LogP contribution in [-0.4, -0.2) is 43.9 Å². The topological polar surface area (TPSA) is 68.0 Å². The summed E-state index contributed by atoms with van der Waals surface area (Å²) >= 11 is 0. The Kier molecular flexibility index (Phi) is 3.93. The summed E-state index contributed by atoms with van der Waals surface area (Å²) in [7, 11) is 3.25. The van der Waals surface area contributed by atoms with Crippen molar-refractivity contribution in [2.75, 3.05) is 39.6 Å². The number of hydrogen-bond donors (Lipinski definition) is 2. The Bertz CT molecular complexity index is 435. The fourth-order valence-electron chi connectivity index (χ4n) is 2.50. The zero-order valence-electron chi connectivity index (χ0n) is 10.9. The molecule has 18 heavy (non-hydrogen) atoms. The number of benzene rings is 1. The maximum absolute atomic E-state index is 9.03. The summed E-state index contributed by atoms with van der Waals surface area (Å²) in [5.74, 6) is 1.42. The molecule has 3 N–H and O–H groups in total. The Labute approximate surface area is 107 Å². The van der Waals surface area contributed by atoms with E-state index in [1.54, 1.807) is 14.2 Å². The van der Waals surface area contributed by atoms with Gasteiger partial charge in [0.1, 0.15) is 0 Å². The highest BCUT2D eigenvalue weighted by molar-refractivity contribution is 5.64. The molecule has 0 saturated heterocycles. The molecule has 1 aliphatic rings. The largest absolute Gasteiger partial charge is 0.493 e. The average Bonchev–Trinajstić information content (AvgIpc) is 2.38. The molecule has 1 aliphatic heterocycles. The summed E-state index contributed by atoms with van der Waals surface area (Å²) in [5, 5.41) is 9.03. The minimum atomic E-state index is 0.164. The van der Waals surface area contributed by atoms with Gasteiger partial charge in [-0.1, -0.05) is 0 Å². The van der Waals surface area contributed by atoms with Crippen LogP contribution in [0.4, 0.5) is 5.69 Å². The molecule has 0 bridgehead atoms. The van der Waals surface area contributed by atoms with Gasteiger partial charge in [-0.25, -0.2) is 0 Å². The molecule has 0 fully saturated rings. The maximum Gasteiger partial charge on any atom is 0.165 e. The Morgan fingerprint density at radius 2 is 2.11 bits per heavy atom. The van der Waals surface area contributed by atoms with Crippen LogP contribution in [-0.2, 0) is 13.0 Å². The van der Waals surface area contributed by atoms with E-state index in [0.717, 1.165) is 42.1 Å². The van der Waals surface area contributed by atoms with E-state index in [0.29, 0.717) is 12.3 Å². The Morgan fingerprint density at radius 3 is 2.72 bits per heavy atom. The van der Waals surface area contributed by atoms with Crippen molar-refractivity contribution in [2.24, 2.45) is 0 Å². The van der Waals surface area contributed by atoms with Gasteiger partial charge in [-0.2, -0.15) is 0 Å². The number of hydrogen-bond acceptors (Lipinski definition) is 5. The number of anilines is 1. The number of nitrogens with two attached hydrogens (primary N) is 1. The number of ether oxygens (including phenoxy) is 2. The number of β-amino-alcohol motifs (C(OH)–C–C–N with tert-alkyl or cyclic N) is 1. The van der Waals surface area contributed by atoms with Crippen LogP contribution in [0.1, 0.15) is 11.1 Å². The summed E-state index contributed by atoms with van der Waals surface area (Å²) in [6.45, 7) is 2.48. The molecule has 0 atom stereocenters. The lowest BCUT2D eigenvalue weighted by Crippen LogP contribution is -2.33. The lowest BCUT2D eigenvalue weighted by Gasteiger charge is -2.30. The van der Waals surface area contributed by atoms with Crippen molar-refractivity contribution >= 4 is 5.69 Å². The van der Waals surface area contributed by atoms with Gasteiger partial charge in [0.15, 0.2) is 11.5 Å². The minimum Gasteiger partial charge on any atom is -0.493 e. The molecule has 0 unspecified atom stereocenters. The van der Waals surface area contributed by atoms with Crippen LogP contribution in [0.2, 0.25) is 0 Å². The predicted octanol–water partition coefficient (Wildman–Crippen LogP) is 0.636. The molecule has 1 aromatic carbocycles. The highest BCUT2D eigenvalue weighted by Gasteiger charge is 2.24. The lowest BCUT2D eigenvalue weighted by molar-refractivity contribution is 0.182. The van der Waals surface area contributed by atoms with Crippen molar-refractivity contribution in [3.63, 3.8) is 0 Å². The number of aliphatic hydroxyl groups is 1. The highest BCUT2D eigenvalue weighted by atomic mass is 16.5. The molecular weight excluding hydrogens is 232 g/mol. The first-order valence-electron chi connectivity index (χ1n) is 6.06. The van der Waals surface area contributed by atoms with Gasteiger partial charge in [-0.15, -0.1) is 0 Å². The maximum atomic E-state index is 9.03. The van der Waals surface area contributed by atoms with Crippen LogP contribution in [0.15, 0.2) is 6.07 Å². The molecule has 0 amide bonds. The monoisotopic (exact) mass is 252 g/mol. The van der Waals surface area contributed by atoms with E-state index in [1.807, 2.05) is 6.07 Å². The quantitative estimate of drug-likeness (QED) is 0.770. The zero-order chi connectivity index (χ0) is 13.1. The van der Waals surface area contributed by atoms with Crippen LogP contribution in [0.3, 0.4) is 0 Å². The highest BCUT2D eigenvalue weighted by Crippen LogP contribution is 2.39. The third-order valence-corrected chi connectivity index (χ3v) is 3.40. The number of rotatable bonds is 4. The van der Waals surface area contributed by atoms with E-state index in [-0.39, 0.29) is 6.61 Å². The first-order valence-corrected chi connectivity index (χ1v) is 6.06.